The third-order valence-corrected chi connectivity index (χ3v) is 4.09. The number of anilines is 1. The van der Waals surface area contributed by atoms with E-state index in [0.717, 1.165) is 6.07 Å². The molecular formula is C12H14FN3O3S. The van der Waals surface area contributed by atoms with Crippen molar-refractivity contribution in [2.75, 3.05) is 4.72 Å². The van der Waals surface area contributed by atoms with Gasteiger partial charge in [-0.05, 0) is 18.6 Å². The van der Waals surface area contributed by atoms with Gasteiger partial charge in [0.05, 0.1) is 0 Å². The lowest BCUT2D eigenvalue weighted by molar-refractivity contribution is 0.483. The maximum atomic E-state index is 13.7. The molecule has 0 fully saturated rings. The number of hydrogen-bond donors (Lipinski definition) is 1. The molecule has 0 unspecified atom stereocenters. The van der Waals surface area contributed by atoms with Crippen molar-refractivity contribution in [2.45, 2.75) is 31.6 Å². The average Bonchev–Trinajstić information content (AvgIpc) is 2.76. The Morgan fingerprint density at radius 2 is 2.00 bits per heavy atom. The van der Waals surface area contributed by atoms with Gasteiger partial charge in [-0.15, -0.1) is 5.10 Å². The SMILES string of the molecule is Cc1cccc(F)c1S(=O)(=O)Nc1nnc(C(C)C)o1. The van der Waals surface area contributed by atoms with Crippen LogP contribution in [0.2, 0.25) is 0 Å². The van der Waals surface area contributed by atoms with Gasteiger partial charge >= 0.3 is 6.01 Å². The Hall–Kier alpha value is -1.96. The van der Waals surface area contributed by atoms with Crippen LogP contribution in [0.15, 0.2) is 27.5 Å². The largest absolute Gasteiger partial charge is 0.407 e. The molecule has 2 rings (SSSR count). The fourth-order valence-electron chi connectivity index (χ4n) is 1.63. The van der Waals surface area contributed by atoms with Gasteiger partial charge in [-0.3, -0.25) is 0 Å². The van der Waals surface area contributed by atoms with Crippen LogP contribution in [0.1, 0.15) is 31.2 Å². The zero-order valence-corrected chi connectivity index (χ0v) is 12.0. The third-order valence-electron chi connectivity index (χ3n) is 2.59. The summed E-state index contributed by atoms with van der Waals surface area (Å²) in [5.74, 6) is -0.565. The predicted octanol–water partition coefficient (Wildman–Crippen LogP) is 2.44. The topological polar surface area (TPSA) is 85.1 Å². The Labute approximate surface area is 116 Å². The fraction of sp³-hybridized carbons (Fsp3) is 0.333. The first-order chi connectivity index (χ1) is 9.31. The van der Waals surface area contributed by atoms with Gasteiger partial charge in [0.15, 0.2) is 0 Å². The molecule has 20 heavy (non-hydrogen) atoms. The van der Waals surface area contributed by atoms with E-state index in [1.807, 2.05) is 13.8 Å². The number of halogens is 1. The highest BCUT2D eigenvalue weighted by Gasteiger charge is 2.24. The molecule has 0 aliphatic rings. The molecule has 1 aromatic carbocycles. The van der Waals surface area contributed by atoms with Crippen LogP contribution in [0.25, 0.3) is 0 Å². The summed E-state index contributed by atoms with van der Waals surface area (Å²) in [5.41, 5.74) is 0.293. The Morgan fingerprint density at radius 1 is 1.30 bits per heavy atom. The Bertz CT molecular complexity index is 705. The van der Waals surface area contributed by atoms with Crippen LogP contribution in [-0.2, 0) is 10.0 Å². The van der Waals surface area contributed by atoms with Gasteiger partial charge in [0.2, 0.25) is 5.89 Å². The molecule has 0 bridgehead atoms. The van der Waals surface area contributed by atoms with E-state index in [2.05, 4.69) is 14.9 Å². The second-order valence-corrected chi connectivity index (χ2v) is 6.21. The zero-order chi connectivity index (χ0) is 14.9. The highest BCUT2D eigenvalue weighted by atomic mass is 32.2. The molecule has 0 saturated heterocycles. The molecule has 0 amide bonds. The molecule has 108 valence electrons. The molecule has 1 heterocycles. The molecule has 1 N–H and O–H groups in total. The average molecular weight is 299 g/mol. The van der Waals surface area contributed by atoms with Gasteiger partial charge in [0.25, 0.3) is 10.0 Å². The van der Waals surface area contributed by atoms with Gasteiger partial charge in [0.1, 0.15) is 10.7 Å². The quantitative estimate of drug-likeness (QED) is 0.937. The van der Waals surface area contributed by atoms with E-state index in [4.69, 9.17) is 4.42 Å². The third kappa shape index (κ3) is 2.79. The Morgan fingerprint density at radius 3 is 2.55 bits per heavy atom. The summed E-state index contributed by atoms with van der Waals surface area (Å²) in [7, 11) is -4.11. The van der Waals surface area contributed by atoms with Crippen LogP contribution in [0, 0.1) is 12.7 Å². The van der Waals surface area contributed by atoms with E-state index in [1.165, 1.54) is 19.1 Å². The lowest BCUT2D eigenvalue weighted by Gasteiger charge is -2.08. The van der Waals surface area contributed by atoms with Gasteiger partial charge < -0.3 is 4.42 Å². The van der Waals surface area contributed by atoms with Gasteiger partial charge in [0, 0.05) is 5.92 Å². The van der Waals surface area contributed by atoms with Gasteiger partial charge in [-0.2, -0.15) is 0 Å². The fourth-order valence-corrected chi connectivity index (χ4v) is 2.86. The first-order valence-corrected chi connectivity index (χ1v) is 7.41. The first-order valence-electron chi connectivity index (χ1n) is 5.92. The number of benzene rings is 1. The van der Waals surface area contributed by atoms with Crippen molar-refractivity contribution in [1.82, 2.24) is 10.2 Å². The van der Waals surface area contributed by atoms with Gasteiger partial charge in [-0.25, -0.2) is 17.5 Å². The molecule has 6 nitrogen and oxygen atoms in total. The molecule has 8 heteroatoms. The molecule has 0 spiro atoms. The maximum absolute atomic E-state index is 13.7. The molecule has 2 aromatic rings. The second-order valence-electron chi connectivity index (χ2n) is 4.59. The van der Waals surface area contributed by atoms with Crippen molar-refractivity contribution in [2.24, 2.45) is 0 Å². The summed E-state index contributed by atoms with van der Waals surface area (Å²) >= 11 is 0. The van der Waals surface area contributed by atoms with Crippen LogP contribution < -0.4 is 4.72 Å². The number of aromatic nitrogens is 2. The van der Waals surface area contributed by atoms with Crippen molar-refractivity contribution in [3.63, 3.8) is 0 Å². The highest BCUT2D eigenvalue weighted by molar-refractivity contribution is 7.92. The van der Waals surface area contributed by atoms with E-state index in [0.29, 0.717) is 11.5 Å². The normalized spacial score (nSPS) is 11.8. The minimum atomic E-state index is -4.11. The number of nitrogens with zero attached hydrogens (tertiary/aromatic N) is 2. The van der Waals surface area contributed by atoms with Crippen LogP contribution in [0.4, 0.5) is 10.4 Å². The second kappa shape index (κ2) is 5.20. The first kappa shape index (κ1) is 14.4. The van der Waals surface area contributed by atoms with Crippen molar-refractivity contribution < 1.29 is 17.2 Å². The summed E-state index contributed by atoms with van der Waals surface area (Å²) in [4.78, 5) is -0.427. The summed E-state index contributed by atoms with van der Waals surface area (Å²) < 4.78 is 45.2. The van der Waals surface area contributed by atoms with Crippen molar-refractivity contribution >= 4 is 16.0 Å². The Balaban J connectivity index is 2.36. The molecule has 0 atom stereocenters. The summed E-state index contributed by atoms with van der Waals surface area (Å²) in [5, 5.41) is 7.28. The minimum absolute atomic E-state index is 0.0315. The van der Waals surface area contributed by atoms with Crippen LogP contribution in [-0.4, -0.2) is 18.6 Å². The highest BCUT2D eigenvalue weighted by Crippen LogP contribution is 2.22. The zero-order valence-electron chi connectivity index (χ0n) is 11.2. The monoisotopic (exact) mass is 299 g/mol. The molecule has 0 radical (unpaired) electrons. The number of sulfonamides is 1. The summed E-state index contributed by atoms with van der Waals surface area (Å²) in [6.07, 6.45) is 0. The number of rotatable bonds is 4. The predicted molar refractivity (Wildman–Crippen MR) is 70.3 cm³/mol. The number of aryl methyl sites for hydroxylation is 1. The smallest absolute Gasteiger partial charge is 0.329 e. The number of hydrogen-bond acceptors (Lipinski definition) is 5. The molecule has 1 aromatic heterocycles. The summed E-state index contributed by atoms with van der Waals surface area (Å²) in [6.45, 7) is 5.16. The molecular weight excluding hydrogens is 285 g/mol. The molecule has 0 saturated carbocycles. The van der Waals surface area contributed by atoms with E-state index in [1.54, 1.807) is 0 Å². The van der Waals surface area contributed by atoms with Crippen molar-refractivity contribution in [3.05, 3.63) is 35.5 Å². The lowest BCUT2D eigenvalue weighted by Crippen LogP contribution is -2.16. The van der Waals surface area contributed by atoms with Crippen LogP contribution in [0.5, 0.6) is 0 Å². The summed E-state index contributed by atoms with van der Waals surface area (Å²) in [6, 6.07) is 3.74. The van der Waals surface area contributed by atoms with E-state index >= 15 is 0 Å². The molecule has 0 aliphatic carbocycles. The lowest BCUT2D eigenvalue weighted by atomic mass is 10.2. The molecule has 0 aliphatic heterocycles. The van der Waals surface area contributed by atoms with Gasteiger partial charge in [-0.1, -0.05) is 31.1 Å². The standard InChI is InChI=1S/C12H14FN3O3S/c1-7(2)11-14-15-12(19-11)16-20(17,18)10-8(3)5-4-6-9(10)13/h4-7H,1-3H3,(H,15,16). The van der Waals surface area contributed by atoms with E-state index in [9.17, 15) is 12.8 Å². The van der Waals surface area contributed by atoms with E-state index < -0.39 is 20.7 Å². The van der Waals surface area contributed by atoms with Crippen molar-refractivity contribution in [1.29, 1.82) is 0 Å². The van der Waals surface area contributed by atoms with Crippen LogP contribution in [0.3, 0.4) is 0 Å². The number of nitrogens with one attached hydrogen (secondary N) is 1. The maximum Gasteiger partial charge on any atom is 0.329 e. The minimum Gasteiger partial charge on any atom is -0.407 e. The van der Waals surface area contributed by atoms with Crippen molar-refractivity contribution in [3.8, 4) is 0 Å². The van der Waals surface area contributed by atoms with Crippen LogP contribution >= 0.6 is 0 Å². The van der Waals surface area contributed by atoms with E-state index in [-0.39, 0.29) is 11.9 Å². The Kier molecular flexibility index (Phi) is 3.76.